The Balaban J connectivity index is 1.81. The molecule has 1 fully saturated rings. The molecule has 0 atom stereocenters. The molecule has 7 heteroatoms. The maximum atomic E-state index is 13.9. The molecule has 2 aromatic carbocycles. The third kappa shape index (κ3) is 4.84. The molecule has 27 heavy (non-hydrogen) atoms. The Morgan fingerprint density at radius 2 is 1.78 bits per heavy atom. The summed E-state index contributed by atoms with van der Waals surface area (Å²) in [4.78, 5) is 1.67. The molecule has 0 bridgehead atoms. The normalized spacial score (nSPS) is 15.9. The van der Waals surface area contributed by atoms with Crippen molar-refractivity contribution >= 4 is 15.7 Å². The average molecular weight is 394 g/mol. The van der Waals surface area contributed by atoms with Crippen LogP contribution in [0.25, 0.3) is 0 Å². The van der Waals surface area contributed by atoms with Gasteiger partial charge in [0.1, 0.15) is 16.5 Å². The summed E-state index contributed by atoms with van der Waals surface area (Å²) < 4.78 is 54.6. The van der Waals surface area contributed by atoms with Crippen molar-refractivity contribution in [3.63, 3.8) is 0 Å². The first-order valence-corrected chi connectivity index (χ1v) is 10.6. The van der Waals surface area contributed by atoms with Crippen molar-refractivity contribution in [2.75, 3.05) is 11.8 Å². The van der Waals surface area contributed by atoms with Gasteiger partial charge in [-0.3, -0.25) is 9.62 Å². The smallest absolute Gasteiger partial charge is 0.264 e. The van der Waals surface area contributed by atoms with E-state index in [9.17, 15) is 17.2 Å². The van der Waals surface area contributed by atoms with Crippen LogP contribution in [0.3, 0.4) is 0 Å². The number of para-hydroxylation sites is 1. The van der Waals surface area contributed by atoms with Gasteiger partial charge in [0.05, 0.1) is 5.69 Å². The Kier molecular flexibility index (Phi) is 6.11. The standard InChI is InChI=1S/C20H24F2N2O2S/c1-24(17-8-3-2-4-9-17)14-15-7-5-6-10-19(15)23-27(25,26)20-12-11-16(21)13-18(20)22/h5-7,10-13,17,23H,2-4,8-9,14H2,1H3. The highest BCUT2D eigenvalue weighted by molar-refractivity contribution is 7.92. The Hall–Kier alpha value is -1.99. The molecular formula is C20H24F2N2O2S. The van der Waals surface area contributed by atoms with E-state index in [4.69, 9.17) is 0 Å². The van der Waals surface area contributed by atoms with Crippen LogP contribution < -0.4 is 4.72 Å². The Bertz CT molecular complexity index is 897. The molecule has 0 heterocycles. The fourth-order valence-corrected chi connectivity index (χ4v) is 4.73. The van der Waals surface area contributed by atoms with Crippen LogP contribution in [-0.4, -0.2) is 26.4 Å². The van der Waals surface area contributed by atoms with Crippen LogP contribution in [0.2, 0.25) is 0 Å². The second-order valence-electron chi connectivity index (χ2n) is 7.04. The minimum Gasteiger partial charge on any atom is -0.299 e. The van der Waals surface area contributed by atoms with Gasteiger partial charge in [-0.1, -0.05) is 37.5 Å². The topological polar surface area (TPSA) is 49.4 Å². The molecule has 3 rings (SSSR count). The van der Waals surface area contributed by atoms with E-state index >= 15 is 0 Å². The number of rotatable bonds is 6. The zero-order valence-electron chi connectivity index (χ0n) is 15.3. The lowest BCUT2D eigenvalue weighted by molar-refractivity contribution is 0.185. The van der Waals surface area contributed by atoms with Gasteiger partial charge in [0.15, 0.2) is 0 Å². The number of nitrogens with zero attached hydrogens (tertiary/aromatic N) is 1. The molecule has 1 aliphatic carbocycles. The van der Waals surface area contributed by atoms with E-state index in [1.54, 1.807) is 12.1 Å². The minimum absolute atomic E-state index is 0.406. The van der Waals surface area contributed by atoms with Gasteiger partial charge in [-0.05, 0) is 43.7 Å². The van der Waals surface area contributed by atoms with Gasteiger partial charge in [-0.2, -0.15) is 0 Å². The van der Waals surface area contributed by atoms with Crippen LogP contribution in [0.1, 0.15) is 37.7 Å². The maximum absolute atomic E-state index is 13.9. The van der Waals surface area contributed by atoms with Crippen LogP contribution >= 0.6 is 0 Å². The van der Waals surface area contributed by atoms with Gasteiger partial charge in [0, 0.05) is 18.7 Å². The fourth-order valence-electron chi connectivity index (χ4n) is 3.57. The van der Waals surface area contributed by atoms with Crippen molar-refractivity contribution in [2.24, 2.45) is 0 Å². The lowest BCUT2D eigenvalue weighted by Gasteiger charge is -2.31. The zero-order chi connectivity index (χ0) is 19.4. The minimum atomic E-state index is -4.15. The first-order valence-electron chi connectivity index (χ1n) is 9.13. The SMILES string of the molecule is CN(Cc1ccccc1NS(=O)(=O)c1ccc(F)cc1F)C1CCCCC1. The van der Waals surface area contributed by atoms with Crippen molar-refractivity contribution in [3.05, 3.63) is 59.7 Å². The maximum Gasteiger partial charge on any atom is 0.264 e. The molecular weight excluding hydrogens is 370 g/mol. The van der Waals surface area contributed by atoms with Gasteiger partial charge in [-0.25, -0.2) is 17.2 Å². The van der Waals surface area contributed by atoms with Crippen LogP contribution in [0.4, 0.5) is 14.5 Å². The van der Waals surface area contributed by atoms with Crippen molar-refractivity contribution in [2.45, 2.75) is 49.6 Å². The number of hydrogen-bond donors (Lipinski definition) is 1. The van der Waals surface area contributed by atoms with E-state index in [1.807, 2.05) is 19.2 Å². The van der Waals surface area contributed by atoms with Gasteiger partial charge in [-0.15, -0.1) is 0 Å². The lowest BCUT2D eigenvalue weighted by Crippen LogP contribution is -2.33. The summed E-state index contributed by atoms with van der Waals surface area (Å²) in [6.45, 7) is 0.593. The summed E-state index contributed by atoms with van der Waals surface area (Å²) in [5.41, 5.74) is 1.22. The van der Waals surface area contributed by atoms with Crippen molar-refractivity contribution in [1.29, 1.82) is 0 Å². The van der Waals surface area contributed by atoms with Crippen LogP contribution in [0, 0.1) is 11.6 Å². The molecule has 1 N–H and O–H groups in total. The molecule has 0 amide bonds. The summed E-state index contributed by atoms with van der Waals surface area (Å²) in [6.07, 6.45) is 5.99. The van der Waals surface area contributed by atoms with E-state index in [2.05, 4.69) is 9.62 Å². The zero-order valence-corrected chi connectivity index (χ0v) is 16.1. The molecule has 0 radical (unpaired) electrons. The number of nitrogens with one attached hydrogen (secondary N) is 1. The average Bonchev–Trinajstić information content (AvgIpc) is 2.63. The largest absolute Gasteiger partial charge is 0.299 e. The number of sulfonamides is 1. The predicted molar refractivity (Wildman–Crippen MR) is 102 cm³/mol. The highest BCUT2D eigenvalue weighted by Crippen LogP contribution is 2.26. The summed E-state index contributed by atoms with van der Waals surface area (Å²) in [6, 6.07) is 10.0. The van der Waals surface area contributed by atoms with E-state index in [0.29, 0.717) is 24.3 Å². The summed E-state index contributed by atoms with van der Waals surface area (Å²) in [7, 11) is -2.11. The molecule has 0 spiro atoms. The number of anilines is 1. The molecule has 0 aliphatic heterocycles. The number of hydrogen-bond acceptors (Lipinski definition) is 3. The number of halogens is 2. The van der Waals surface area contributed by atoms with E-state index in [0.717, 1.165) is 30.5 Å². The van der Waals surface area contributed by atoms with Gasteiger partial charge < -0.3 is 0 Å². The molecule has 146 valence electrons. The second kappa shape index (κ2) is 8.35. The van der Waals surface area contributed by atoms with Crippen LogP contribution in [0.15, 0.2) is 47.4 Å². The van der Waals surface area contributed by atoms with Crippen LogP contribution in [-0.2, 0) is 16.6 Å². The Morgan fingerprint density at radius 3 is 2.48 bits per heavy atom. The van der Waals surface area contributed by atoms with Crippen molar-refractivity contribution in [3.8, 4) is 0 Å². The van der Waals surface area contributed by atoms with E-state index in [-0.39, 0.29) is 0 Å². The third-order valence-electron chi connectivity index (χ3n) is 5.06. The monoisotopic (exact) mass is 394 g/mol. The molecule has 1 aliphatic rings. The molecule has 1 saturated carbocycles. The van der Waals surface area contributed by atoms with Crippen molar-refractivity contribution in [1.82, 2.24) is 4.90 Å². The molecule has 4 nitrogen and oxygen atoms in total. The molecule has 0 unspecified atom stereocenters. The highest BCUT2D eigenvalue weighted by atomic mass is 32.2. The van der Waals surface area contributed by atoms with Gasteiger partial charge in [0.25, 0.3) is 10.0 Å². The number of benzene rings is 2. The second-order valence-corrected chi connectivity index (χ2v) is 8.70. The fraction of sp³-hybridized carbons (Fsp3) is 0.400. The van der Waals surface area contributed by atoms with E-state index in [1.165, 1.54) is 19.3 Å². The van der Waals surface area contributed by atoms with Gasteiger partial charge in [0.2, 0.25) is 0 Å². The first kappa shape index (κ1) is 19.8. The first-order chi connectivity index (χ1) is 12.9. The summed E-state index contributed by atoms with van der Waals surface area (Å²) in [5.74, 6) is -1.93. The molecule has 2 aromatic rings. The van der Waals surface area contributed by atoms with Crippen LogP contribution in [0.5, 0.6) is 0 Å². The summed E-state index contributed by atoms with van der Waals surface area (Å²) >= 11 is 0. The van der Waals surface area contributed by atoms with Gasteiger partial charge >= 0.3 is 0 Å². The highest BCUT2D eigenvalue weighted by Gasteiger charge is 2.22. The van der Waals surface area contributed by atoms with Crippen molar-refractivity contribution < 1.29 is 17.2 Å². The Morgan fingerprint density at radius 1 is 1.07 bits per heavy atom. The molecule has 0 aromatic heterocycles. The molecule has 0 saturated heterocycles. The summed E-state index contributed by atoms with van der Waals surface area (Å²) in [5, 5.41) is 0. The third-order valence-corrected chi connectivity index (χ3v) is 6.46. The van der Waals surface area contributed by atoms with E-state index < -0.39 is 26.6 Å². The predicted octanol–water partition coefficient (Wildman–Crippen LogP) is 4.53. The quantitative estimate of drug-likeness (QED) is 0.783. The lowest BCUT2D eigenvalue weighted by atomic mass is 9.94. The Labute approximate surface area is 159 Å².